The highest BCUT2D eigenvalue weighted by Crippen LogP contribution is 2.17. The van der Waals surface area contributed by atoms with Gasteiger partial charge in [-0.05, 0) is 42.0 Å². The molecule has 0 aromatic heterocycles. The van der Waals surface area contributed by atoms with E-state index in [1.165, 1.54) is 31.4 Å². The minimum atomic E-state index is -0.946. The number of hydrogen-bond donors (Lipinski definition) is 2. The molecule has 2 N–H and O–H groups in total. The lowest BCUT2D eigenvalue weighted by Crippen LogP contribution is -2.28. The van der Waals surface area contributed by atoms with Crippen molar-refractivity contribution in [3.05, 3.63) is 69.8 Å². The van der Waals surface area contributed by atoms with Crippen LogP contribution < -0.4 is 10.1 Å². The van der Waals surface area contributed by atoms with Crippen molar-refractivity contribution in [2.24, 2.45) is 0 Å². The van der Waals surface area contributed by atoms with E-state index in [0.717, 1.165) is 0 Å². The van der Waals surface area contributed by atoms with E-state index in [1.54, 1.807) is 24.3 Å². The molecule has 0 heterocycles. The Morgan fingerprint density at radius 2 is 1.83 bits per heavy atom. The molecule has 23 heavy (non-hydrogen) atoms. The minimum absolute atomic E-state index is 0.00265. The van der Waals surface area contributed by atoms with Gasteiger partial charge in [0, 0.05) is 24.2 Å². The van der Waals surface area contributed by atoms with Crippen LogP contribution in [0.3, 0.4) is 0 Å². The Bertz CT molecular complexity index is 683. The predicted octanol–water partition coefficient (Wildman–Crippen LogP) is 2.07. The number of ether oxygens (including phenoxy) is 1. The summed E-state index contributed by atoms with van der Waals surface area (Å²) in [6.07, 6.45) is -0.946. The van der Waals surface area contributed by atoms with Crippen LogP contribution in [0.4, 0.5) is 5.69 Å². The fourth-order valence-corrected chi connectivity index (χ4v) is 1.97. The van der Waals surface area contributed by atoms with Crippen LogP contribution in [0.2, 0.25) is 0 Å². The molecular formula is C16H16N2O5. The van der Waals surface area contributed by atoms with Crippen LogP contribution >= 0.6 is 0 Å². The van der Waals surface area contributed by atoms with Crippen molar-refractivity contribution in [3.8, 4) is 5.75 Å². The molecule has 0 aliphatic carbocycles. The average Bonchev–Trinajstić information content (AvgIpc) is 2.59. The Balaban J connectivity index is 1.93. The first-order valence-corrected chi connectivity index (χ1v) is 6.86. The van der Waals surface area contributed by atoms with Gasteiger partial charge in [-0.2, -0.15) is 0 Å². The van der Waals surface area contributed by atoms with E-state index in [-0.39, 0.29) is 18.1 Å². The number of methoxy groups -OCH3 is 1. The topological polar surface area (TPSA) is 102 Å². The number of nitro benzene ring substituents is 1. The van der Waals surface area contributed by atoms with Gasteiger partial charge in [-0.1, -0.05) is 0 Å². The number of nitrogens with zero attached hydrogens (tertiary/aromatic N) is 1. The Morgan fingerprint density at radius 3 is 2.35 bits per heavy atom. The van der Waals surface area contributed by atoms with Crippen molar-refractivity contribution >= 4 is 11.6 Å². The van der Waals surface area contributed by atoms with Gasteiger partial charge in [0.15, 0.2) is 0 Å². The van der Waals surface area contributed by atoms with Gasteiger partial charge >= 0.3 is 0 Å². The fourth-order valence-electron chi connectivity index (χ4n) is 1.97. The standard InChI is InChI=1S/C16H16N2O5/c1-23-14-8-4-12(5-9-14)16(20)17-10-15(19)11-2-6-13(7-3-11)18(21)22/h2-9,15,19H,10H2,1H3,(H,17,20)/t15-/m1/s1. The Morgan fingerprint density at radius 1 is 1.22 bits per heavy atom. The van der Waals surface area contributed by atoms with E-state index >= 15 is 0 Å². The molecule has 0 saturated heterocycles. The highest BCUT2D eigenvalue weighted by Gasteiger charge is 2.12. The number of aliphatic hydroxyl groups excluding tert-OH is 1. The molecule has 0 radical (unpaired) electrons. The predicted molar refractivity (Wildman–Crippen MR) is 83.4 cm³/mol. The Hall–Kier alpha value is -2.93. The van der Waals surface area contributed by atoms with Crippen LogP contribution in [-0.2, 0) is 0 Å². The van der Waals surface area contributed by atoms with Gasteiger partial charge < -0.3 is 15.2 Å². The summed E-state index contributed by atoms with van der Waals surface area (Å²) in [5.74, 6) is 0.320. The van der Waals surface area contributed by atoms with Gasteiger partial charge in [-0.15, -0.1) is 0 Å². The number of carbonyl (C=O) groups is 1. The third-order valence-electron chi connectivity index (χ3n) is 3.30. The van der Waals surface area contributed by atoms with Crippen molar-refractivity contribution in [2.75, 3.05) is 13.7 Å². The van der Waals surface area contributed by atoms with E-state index in [4.69, 9.17) is 4.74 Å². The summed E-state index contributed by atoms with van der Waals surface area (Å²) in [6, 6.07) is 12.1. The summed E-state index contributed by atoms with van der Waals surface area (Å²) in [4.78, 5) is 22.0. The number of amides is 1. The van der Waals surface area contributed by atoms with Crippen LogP contribution in [0.15, 0.2) is 48.5 Å². The fraction of sp³-hybridized carbons (Fsp3) is 0.188. The smallest absolute Gasteiger partial charge is 0.269 e. The number of nitrogens with one attached hydrogen (secondary N) is 1. The second-order valence-corrected chi connectivity index (χ2v) is 4.80. The van der Waals surface area contributed by atoms with E-state index in [1.807, 2.05) is 0 Å². The summed E-state index contributed by atoms with van der Waals surface area (Å²) < 4.78 is 5.01. The number of hydrogen-bond acceptors (Lipinski definition) is 5. The van der Waals surface area contributed by atoms with E-state index in [2.05, 4.69) is 5.32 Å². The van der Waals surface area contributed by atoms with Crippen LogP contribution in [-0.4, -0.2) is 29.6 Å². The molecular weight excluding hydrogens is 300 g/mol. The van der Waals surface area contributed by atoms with Gasteiger partial charge in [0.1, 0.15) is 5.75 Å². The van der Waals surface area contributed by atoms with Crippen LogP contribution in [0.25, 0.3) is 0 Å². The maximum atomic E-state index is 12.0. The molecule has 0 bridgehead atoms. The molecule has 0 spiro atoms. The van der Waals surface area contributed by atoms with Gasteiger partial charge in [0.05, 0.1) is 18.1 Å². The Kier molecular flexibility index (Phi) is 5.27. The van der Waals surface area contributed by atoms with Crippen molar-refractivity contribution in [1.82, 2.24) is 5.32 Å². The molecule has 2 aromatic rings. The maximum absolute atomic E-state index is 12.0. The monoisotopic (exact) mass is 316 g/mol. The number of benzene rings is 2. The third-order valence-corrected chi connectivity index (χ3v) is 3.30. The second-order valence-electron chi connectivity index (χ2n) is 4.80. The molecule has 0 aliphatic rings. The average molecular weight is 316 g/mol. The third kappa shape index (κ3) is 4.27. The van der Waals surface area contributed by atoms with Gasteiger partial charge in [-0.3, -0.25) is 14.9 Å². The summed E-state index contributed by atoms with van der Waals surface area (Å²) in [7, 11) is 1.54. The van der Waals surface area contributed by atoms with Crippen molar-refractivity contribution < 1.29 is 19.6 Å². The lowest BCUT2D eigenvalue weighted by molar-refractivity contribution is -0.384. The zero-order chi connectivity index (χ0) is 16.8. The van der Waals surface area contributed by atoms with Gasteiger partial charge in [0.25, 0.3) is 11.6 Å². The number of aliphatic hydroxyl groups is 1. The second kappa shape index (κ2) is 7.37. The molecule has 1 atom stereocenters. The van der Waals surface area contributed by atoms with Crippen molar-refractivity contribution in [3.63, 3.8) is 0 Å². The van der Waals surface area contributed by atoms with E-state index in [9.17, 15) is 20.0 Å². The zero-order valence-corrected chi connectivity index (χ0v) is 12.4. The van der Waals surface area contributed by atoms with E-state index in [0.29, 0.717) is 16.9 Å². The first-order chi connectivity index (χ1) is 11.0. The van der Waals surface area contributed by atoms with Gasteiger partial charge in [0.2, 0.25) is 0 Å². The Labute approximate surface area is 132 Å². The van der Waals surface area contributed by atoms with Crippen molar-refractivity contribution in [1.29, 1.82) is 0 Å². The maximum Gasteiger partial charge on any atom is 0.269 e. The molecule has 0 aliphatic heterocycles. The number of carbonyl (C=O) groups excluding carboxylic acids is 1. The minimum Gasteiger partial charge on any atom is -0.497 e. The molecule has 0 unspecified atom stereocenters. The molecule has 0 fully saturated rings. The molecule has 7 heteroatoms. The van der Waals surface area contributed by atoms with Crippen LogP contribution in [0.5, 0.6) is 5.75 Å². The first kappa shape index (κ1) is 16.4. The molecule has 0 saturated carbocycles. The van der Waals surface area contributed by atoms with Gasteiger partial charge in [-0.25, -0.2) is 0 Å². The first-order valence-electron chi connectivity index (χ1n) is 6.86. The normalized spacial score (nSPS) is 11.6. The van der Waals surface area contributed by atoms with Crippen LogP contribution in [0, 0.1) is 10.1 Å². The summed E-state index contributed by atoms with van der Waals surface area (Å²) in [5.41, 5.74) is 0.885. The lowest BCUT2D eigenvalue weighted by atomic mass is 10.1. The number of nitro groups is 1. The highest BCUT2D eigenvalue weighted by atomic mass is 16.6. The SMILES string of the molecule is COc1ccc(C(=O)NC[C@@H](O)c2ccc([N+](=O)[O-])cc2)cc1. The summed E-state index contributed by atoms with van der Waals surface area (Å²) in [6.45, 7) is 0.00265. The lowest BCUT2D eigenvalue weighted by Gasteiger charge is -2.12. The number of rotatable bonds is 6. The summed E-state index contributed by atoms with van der Waals surface area (Å²) in [5, 5.41) is 23.2. The van der Waals surface area contributed by atoms with E-state index < -0.39 is 11.0 Å². The van der Waals surface area contributed by atoms with Crippen molar-refractivity contribution in [2.45, 2.75) is 6.10 Å². The molecule has 1 amide bonds. The highest BCUT2D eigenvalue weighted by molar-refractivity contribution is 5.94. The largest absolute Gasteiger partial charge is 0.497 e. The molecule has 2 aromatic carbocycles. The molecule has 120 valence electrons. The molecule has 2 rings (SSSR count). The quantitative estimate of drug-likeness (QED) is 0.627. The zero-order valence-electron chi connectivity index (χ0n) is 12.4. The molecule has 7 nitrogen and oxygen atoms in total. The number of non-ortho nitro benzene ring substituents is 1. The summed E-state index contributed by atoms with van der Waals surface area (Å²) >= 11 is 0. The van der Waals surface area contributed by atoms with Crippen LogP contribution in [0.1, 0.15) is 22.0 Å².